The highest BCUT2D eigenvalue weighted by Gasteiger charge is 2.25. The predicted octanol–water partition coefficient (Wildman–Crippen LogP) is 14.8. The van der Waals surface area contributed by atoms with Crippen LogP contribution in [0.5, 0.6) is 0 Å². The van der Waals surface area contributed by atoms with E-state index in [0.29, 0.717) is 0 Å². The summed E-state index contributed by atoms with van der Waals surface area (Å²) in [7, 11) is 0. The Balaban J connectivity index is 1.20. The highest BCUT2D eigenvalue weighted by Crippen LogP contribution is 2.49. The van der Waals surface area contributed by atoms with Gasteiger partial charge in [0.25, 0.3) is 0 Å². The third-order valence-electron chi connectivity index (χ3n) is 12.4. The molecule has 0 spiro atoms. The Hall–Kier alpha value is -7.42. The minimum atomic E-state index is 1.15. The van der Waals surface area contributed by atoms with Crippen molar-refractivity contribution in [3.8, 4) is 22.5 Å². The molecule has 2 heteroatoms. The Morgan fingerprint density at radius 1 is 0.214 bits per heavy atom. The summed E-state index contributed by atoms with van der Waals surface area (Å²) in [4.78, 5) is 0. The topological polar surface area (TPSA) is 9.86 Å². The van der Waals surface area contributed by atoms with E-state index in [1.807, 2.05) is 0 Å². The van der Waals surface area contributed by atoms with E-state index in [2.05, 4.69) is 203 Å². The van der Waals surface area contributed by atoms with E-state index in [9.17, 15) is 0 Å². The van der Waals surface area contributed by atoms with Gasteiger partial charge >= 0.3 is 0 Å². The highest BCUT2D eigenvalue weighted by atomic mass is 15.0. The molecular formula is C54H32N2. The summed E-state index contributed by atoms with van der Waals surface area (Å²) in [5.74, 6) is 0. The van der Waals surface area contributed by atoms with Crippen molar-refractivity contribution in [2.75, 3.05) is 0 Å². The average molecular weight is 709 g/mol. The lowest BCUT2D eigenvalue weighted by molar-refractivity contribution is 1.17. The monoisotopic (exact) mass is 708 g/mol. The zero-order valence-electron chi connectivity index (χ0n) is 30.4. The molecule has 258 valence electrons. The van der Waals surface area contributed by atoms with E-state index in [-0.39, 0.29) is 0 Å². The molecule has 0 saturated carbocycles. The van der Waals surface area contributed by atoms with Gasteiger partial charge in [-0.2, -0.15) is 0 Å². The van der Waals surface area contributed by atoms with Crippen LogP contribution >= 0.6 is 0 Å². The molecule has 0 aliphatic carbocycles. The quantitative estimate of drug-likeness (QED) is 0.162. The Morgan fingerprint density at radius 3 is 1.38 bits per heavy atom. The molecule has 0 aliphatic heterocycles. The number of aromatic nitrogens is 2. The third-order valence-corrected chi connectivity index (χ3v) is 12.4. The van der Waals surface area contributed by atoms with Gasteiger partial charge in [0, 0.05) is 38.3 Å². The molecule has 13 rings (SSSR count). The van der Waals surface area contributed by atoms with Crippen LogP contribution in [-0.4, -0.2) is 9.13 Å². The molecule has 0 N–H and O–H groups in total. The molecule has 11 aromatic carbocycles. The molecule has 2 nitrogen and oxygen atoms in total. The van der Waals surface area contributed by atoms with Crippen LogP contribution in [0.1, 0.15) is 0 Å². The second-order valence-electron chi connectivity index (χ2n) is 15.2. The molecule has 0 amide bonds. The first-order valence-corrected chi connectivity index (χ1v) is 19.4. The maximum Gasteiger partial charge on any atom is 0.0568 e. The van der Waals surface area contributed by atoms with Gasteiger partial charge in [-0.25, -0.2) is 0 Å². The fourth-order valence-corrected chi connectivity index (χ4v) is 10.1. The highest BCUT2D eigenvalue weighted by molar-refractivity contribution is 6.42. The molecule has 0 unspecified atom stereocenters. The number of benzene rings is 11. The Bertz CT molecular complexity index is 3700. The Labute approximate surface area is 322 Å². The number of hydrogen-bond acceptors (Lipinski definition) is 0. The van der Waals surface area contributed by atoms with E-state index in [1.165, 1.54) is 114 Å². The van der Waals surface area contributed by atoms with E-state index in [0.717, 1.165) is 5.69 Å². The van der Waals surface area contributed by atoms with E-state index < -0.39 is 0 Å². The van der Waals surface area contributed by atoms with Gasteiger partial charge in [-0.3, -0.25) is 0 Å². The number of fused-ring (bicyclic) bond motifs is 13. The van der Waals surface area contributed by atoms with Gasteiger partial charge in [0.2, 0.25) is 0 Å². The normalized spacial score (nSPS) is 12.3. The second kappa shape index (κ2) is 11.1. The zero-order chi connectivity index (χ0) is 36.5. The summed E-state index contributed by atoms with van der Waals surface area (Å²) < 4.78 is 5.02. The predicted molar refractivity (Wildman–Crippen MR) is 239 cm³/mol. The summed E-state index contributed by atoms with van der Waals surface area (Å²) >= 11 is 0. The first-order chi connectivity index (χ1) is 27.8. The van der Waals surface area contributed by atoms with Gasteiger partial charge in [0.15, 0.2) is 0 Å². The van der Waals surface area contributed by atoms with Crippen LogP contribution in [0.2, 0.25) is 0 Å². The van der Waals surface area contributed by atoms with Gasteiger partial charge in [-0.1, -0.05) is 152 Å². The lowest BCUT2D eigenvalue weighted by Crippen LogP contribution is -1.96. The zero-order valence-corrected chi connectivity index (χ0v) is 30.4. The maximum absolute atomic E-state index is 2.53. The van der Waals surface area contributed by atoms with Crippen LogP contribution in [0.15, 0.2) is 194 Å². The summed E-state index contributed by atoms with van der Waals surface area (Å²) in [6.07, 6.45) is 0. The molecule has 2 heterocycles. The molecule has 2 aromatic heterocycles. The van der Waals surface area contributed by atoms with Crippen molar-refractivity contribution in [2.45, 2.75) is 0 Å². The smallest absolute Gasteiger partial charge is 0.0568 e. The van der Waals surface area contributed by atoms with Crippen LogP contribution in [0.3, 0.4) is 0 Å². The SMILES string of the molecule is c1ccc(-c2ccc(-n3c4ccccc4c4c5c6ccccc6c6cccc7c6c5c(cc43)n7-c3ccc4c5ccccc5c5ccccc5c4c3)cc2)cc1. The van der Waals surface area contributed by atoms with Gasteiger partial charge < -0.3 is 9.13 Å². The van der Waals surface area contributed by atoms with Crippen molar-refractivity contribution >= 4 is 97.5 Å². The summed E-state index contributed by atoms with van der Waals surface area (Å²) in [6.45, 7) is 0. The maximum atomic E-state index is 2.53. The lowest BCUT2D eigenvalue weighted by atomic mass is 9.92. The molecule has 56 heavy (non-hydrogen) atoms. The molecule has 0 aliphatic rings. The summed E-state index contributed by atoms with van der Waals surface area (Å²) in [6, 6.07) is 71.9. The van der Waals surface area contributed by atoms with E-state index in [1.54, 1.807) is 0 Å². The molecule has 0 atom stereocenters. The van der Waals surface area contributed by atoms with Gasteiger partial charge in [-0.15, -0.1) is 0 Å². The van der Waals surface area contributed by atoms with Crippen molar-refractivity contribution < 1.29 is 0 Å². The third kappa shape index (κ3) is 3.90. The number of para-hydroxylation sites is 1. The fraction of sp³-hybridized carbons (Fsp3) is 0. The second-order valence-corrected chi connectivity index (χ2v) is 15.2. The van der Waals surface area contributed by atoms with Crippen LogP contribution in [-0.2, 0) is 0 Å². The van der Waals surface area contributed by atoms with Gasteiger partial charge in [0.1, 0.15) is 0 Å². The van der Waals surface area contributed by atoms with E-state index in [4.69, 9.17) is 0 Å². The van der Waals surface area contributed by atoms with E-state index >= 15 is 0 Å². The average Bonchev–Trinajstić information content (AvgIpc) is 3.79. The fourth-order valence-electron chi connectivity index (χ4n) is 10.1. The van der Waals surface area contributed by atoms with Crippen molar-refractivity contribution in [1.29, 1.82) is 0 Å². The molecular weight excluding hydrogens is 677 g/mol. The van der Waals surface area contributed by atoms with Crippen molar-refractivity contribution in [2.24, 2.45) is 0 Å². The number of rotatable bonds is 3. The first-order valence-electron chi connectivity index (χ1n) is 19.4. The Kier molecular flexibility index (Phi) is 5.92. The molecule has 13 aromatic rings. The molecule has 0 fully saturated rings. The van der Waals surface area contributed by atoms with Gasteiger partial charge in [0.05, 0.1) is 22.1 Å². The number of nitrogens with zero attached hydrogens (tertiary/aromatic N) is 2. The summed E-state index contributed by atoms with van der Waals surface area (Å²) in [5, 5.41) is 18.1. The Morgan fingerprint density at radius 2 is 0.661 bits per heavy atom. The lowest BCUT2D eigenvalue weighted by Gasteiger charge is -2.14. The summed E-state index contributed by atoms with van der Waals surface area (Å²) in [5.41, 5.74) is 9.63. The van der Waals surface area contributed by atoms with Crippen LogP contribution in [0, 0.1) is 0 Å². The van der Waals surface area contributed by atoms with Gasteiger partial charge in [-0.05, 0) is 102 Å². The molecule has 0 bridgehead atoms. The van der Waals surface area contributed by atoms with Crippen molar-refractivity contribution in [3.05, 3.63) is 194 Å². The van der Waals surface area contributed by atoms with Crippen LogP contribution in [0.25, 0.3) is 120 Å². The largest absolute Gasteiger partial charge is 0.309 e. The van der Waals surface area contributed by atoms with Crippen LogP contribution < -0.4 is 0 Å². The van der Waals surface area contributed by atoms with Crippen molar-refractivity contribution in [1.82, 2.24) is 9.13 Å². The first kappa shape index (κ1) is 30.0. The van der Waals surface area contributed by atoms with Crippen molar-refractivity contribution in [3.63, 3.8) is 0 Å². The molecule has 0 radical (unpaired) electrons. The molecule has 0 saturated heterocycles. The minimum Gasteiger partial charge on any atom is -0.309 e. The number of hydrogen-bond donors (Lipinski definition) is 0. The van der Waals surface area contributed by atoms with Crippen LogP contribution in [0.4, 0.5) is 0 Å². The standard InChI is InChI=1S/C54H32N2/c1-2-13-33(14-3-1)34-25-27-35(28-26-34)55-47-23-11-10-21-45(47)52-49(55)32-50-54-51-43(41-19-8-9-20-44(41)53(52)54)22-12-24-48(51)56(50)36-29-30-42-39-17-5-4-15-37(39)38-16-6-7-18-40(38)46(42)31-36/h1-32H. The minimum absolute atomic E-state index is 1.15.